The van der Waals surface area contributed by atoms with E-state index in [-0.39, 0.29) is 6.61 Å². The minimum atomic E-state index is -3.52. The molecular weight excluding hydrogens is 360 g/mol. The van der Waals surface area contributed by atoms with Gasteiger partial charge in [0, 0.05) is 26.2 Å². The molecule has 0 fully saturated rings. The van der Waals surface area contributed by atoms with Gasteiger partial charge in [0.05, 0.1) is 4.90 Å². The number of aliphatic hydroxyl groups is 1. The zero-order valence-electron chi connectivity index (χ0n) is 16.0. The summed E-state index contributed by atoms with van der Waals surface area (Å²) in [6, 6.07) is 17.1. The van der Waals surface area contributed by atoms with Crippen molar-refractivity contribution in [3.05, 3.63) is 65.7 Å². The Kier molecular flexibility index (Phi) is 8.94. The average molecular weight is 391 g/mol. The van der Waals surface area contributed by atoms with Crippen LogP contribution in [0.3, 0.4) is 0 Å². The molecule has 0 aliphatic rings. The molecule has 0 saturated heterocycles. The Morgan fingerprint density at radius 3 is 2.26 bits per heavy atom. The molecule has 2 rings (SSSR count). The fourth-order valence-corrected chi connectivity index (χ4v) is 4.34. The molecular formula is C21H30N2O3S. The van der Waals surface area contributed by atoms with Crippen molar-refractivity contribution in [1.82, 2.24) is 9.62 Å². The smallest absolute Gasteiger partial charge is 0.243 e. The molecule has 0 aliphatic heterocycles. The van der Waals surface area contributed by atoms with Crippen molar-refractivity contribution in [3.8, 4) is 0 Å². The third-order valence-corrected chi connectivity index (χ3v) is 6.32. The first-order valence-corrected chi connectivity index (χ1v) is 10.9. The van der Waals surface area contributed by atoms with Gasteiger partial charge in [0.2, 0.25) is 10.0 Å². The first-order valence-electron chi connectivity index (χ1n) is 9.46. The average Bonchev–Trinajstić information content (AvgIpc) is 2.67. The number of nitrogens with one attached hydrogen (secondary N) is 1. The van der Waals surface area contributed by atoms with E-state index in [9.17, 15) is 8.42 Å². The Balaban J connectivity index is 1.83. The Morgan fingerprint density at radius 1 is 0.926 bits per heavy atom. The van der Waals surface area contributed by atoms with Gasteiger partial charge in [0.15, 0.2) is 0 Å². The van der Waals surface area contributed by atoms with Gasteiger partial charge in [-0.15, -0.1) is 0 Å². The molecule has 0 heterocycles. The van der Waals surface area contributed by atoms with Crippen LogP contribution in [0.1, 0.15) is 30.4 Å². The third-order valence-electron chi connectivity index (χ3n) is 4.41. The largest absolute Gasteiger partial charge is 0.396 e. The first-order chi connectivity index (χ1) is 13.0. The molecule has 2 N–H and O–H groups in total. The van der Waals surface area contributed by atoms with Gasteiger partial charge < -0.3 is 10.4 Å². The predicted octanol–water partition coefficient (Wildman–Crippen LogP) is 2.94. The van der Waals surface area contributed by atoms with Gasteiger partial charge >= 0.3 is 0 Å². The summed E-state index contributed by atoms with van der Waals surface area (Å²) < 4.78 is 27.3. The molecule has 148 valence electrons. The Hall–Kier alpha value is -1.73. The van der Waals surface area contributed by atoms with Crippen LogP contribution in [0.2, 0.25) is 0 Å². The number of benzene rings is 2. The van der Waals surface area contributed by atoms with Crippen LogP contribution in [0.25, 0.3) is 0 Å². The highest BCUT2D eigenvalue weighted by atomic mass is 32.2. The second-order valence-corrected chi connectivity index (χ2v) is 8.60. The zero-order chi connectivity index (χ0) is 19.5. The number of aryl methyl sites for hydroxylation is 1. The molecule has 0 spiro atoms. The molecule has 0 aromatic heterocycles. The second-order valence-electron chi connectivity index (χ2n) is 6.66. The standard InChI is InChI=1S/C21H30N2O3S/c1-19-10-12-21(13-11-19)27(25,26)23(16-7-17-24)15-6-5-14-22-18-20-8-3-2-4-9-20/h2-4,8-13,22,24H,5-7,14-18H2,1H3. The highest BCUT2D eigenvalue weighted by molar-refractivity contribution is 7.89. The van der Waals surface area contributed by atoms with Gasteiger partial charge in [0.1, 0.15) is 0 Å². The summed E-state index contributed by atoms with van der Waals surface area (Å²) >= 11 is 0. The maximum absolute atomic E-state index is 12.9. The van der Waals surface area contributed by atoms with Crippen molar-refractivity contribution in [2.45, 2.75) is 37.6 Å². The van der Waals surface area contributed by atoms with E-state index in [0.717, 1.165) is 31.5 Å². The molecule has 0 unspecified atom stereocenters. The number of nitrogens with zero attached hydrogens (tertiary/aromatic N) is 1. The number of unbranched alkanes of at least 4 members (excludes halogenated alkanes) is 1. The number of sulfonamides is 1. The monoisotopic (exact) mass is 390 g/mol. The van der Waals surface area contributed by atoms with Gasteiger partial charge in [-0.3, -0.25) is 0 Å². The van der Waals surface area contributed by atoms with Gasteiger partial charge in [-0.1, -0.05) is 48.0 Å². The van der Waals surface area contributed by atoms with Gasteiger partial charge in [-0.25, -0.2) is 8.42 Å². The maximum Gasteiger partial charge on any atom is 0.243 e. The molecule has 0 aliphatic carbocycles. The van der Waals surface area contributed by atoms with Crippen molar-refractivity contribution in [2.24, 2.45) is 0 Å². The van der Waals surface area contributed by atoms with E-state index in [1.165, 1.54) is 9.87 Å². The highest BCUT2D eigenvalue weighted by Crippen LogP contribution is 2.17. The lowest BCUT2D eigenvalue weighted by Gasteiger charge is -2.22. The fourth-order valence-electron chi connectivity index (χ4n) is 2.83. The highest BCUT2D eigenvalue weighted by Gasteiger charge is 2.23. The number of rotatable bonds is 12. The molecule has 0 radical (unpaired) electrons. The van der Waals surface area contributed by atoms with Crippen LogP contribution < -0.4 is 5.32 Å². The lowest BCUT2D eigenvalue weighted by atomic mass is 10.2. The number of hydrogen-bond acceptors (Lipinski definition) is 4. The Morgan fingerprint density at radius 2 is 1.59 bits per heavy atom. The van der Waals surface area contributed by atoms with E-state index in [1.807, 2.05) is 37.3 Å². The van der Waals surface area contributed by atoms with E-state index in [0.29, 0.717) is 24.4 Å². The lowest BCUT2D eigenvalue weighted by molar-refractivity contribution is 0.268. The minimum Gasteiger partial charge on any atom is -0.396 e. The van der Waals surface area contributed by atoms with Crippen molar-refractivity contribution < 1.29 is 13.5 Å². The summed E-state index contributed by atoms with van der Waals surface area (Å²) in [5.41, 5.74) is 2.27. The third kappa shape index (κ3) is 7.07. The van der Waals surface area contributed by atoms with E-state index >= 15 is 0 Å². The number of hydrogen-bond donors (Lipinski definition) is 2. The van der Waals surface area contributed by atoms with E-state index < -0.39 is 10.0 Å². The number of aliphatic hydroxyl groups excluding tert-OH is 1. The first kappa shape index (κ1) is 21.6. The molecule has 2 aromatic carbocycles. The van der Waals surface area contributed by atoms with E-state index in [1.54, 1.807) is 12.1 Å². The topological polar surface area (TPSA) is 69.6 Å². The molecule has 0 bridgehead atoms. The van der Waals surface area contributed by atoms with Crippen LogP contribution in [0.15, 0.2) is 59.5 Å². The summed E-state index contributed by atoms with van der Waals surface area (Å²) in [7, 11) is -3.52. The molecule has 5 nitrogen and oxygen atoms in total. The summed E-state index contributed by atoms with van der Waals surface area (Å²) in [6.07, 6.45) is 2.11. The zero-order valence-corrected chi connectivity index (χ0v) is 16.8. The van der Waals surface area contributed by atoms with Crippen molar-refractivity contribution in [2.75, 3.05) is 26.2 Å². The van der Waals surface area contributed by atoms with Gasteiger partial charge in [-0.2, -0.15) is 4.31 Å². The van der Waals surface area contributed by atoms with E-state index in [2.05, 4.69) is 17.4 Å². The van der Waals surface area contributed by atoms with Crippen LogP contribution in [-0.2, 0) is 16.6 Å². The minimum absolute atomic E-state index is 0.0153. The maximum atomic E-state index is 12.9. The molecule has 0 saturated carbocycles. The second kappa shape index (κ2) is 11.2. The van der Waals surface area contributed by atoms with E-state index in [4.69, 9.17) is 5.11 Å². The van der Waals surface area contributed by atoms with Gasteiger partial charge in [-0.05, 0) is 50.4 Å². The van der Waals surface area contributed by atoms with Crippen molar-refractivity contribution >= 4 is 10.0 Å². The summed E-state index contributed by atoms with van der Waals surface area (Å²) in [5, 5.41) is 12.5. The molecule has 0 atom stereocenters. The van der Waals surface area contributed by atoms with Crippen LogP contribution in [0.5, 0.6) is 0 Å². The Bertz CT molecular complexity index is 762. The Labute approximate surface area is 163 Å². The SMILES string of the molecule is Cc1ccc(S(=O)(=O)N(CCCO)CCCCNCc2ccccc2)cc1. The predicted molar refractivity (Wildman–Crippen MR) is 109 cm³/mol. The normalized spacial score (nSPS) is 11.8. The lowest BCUT2D eigenvalue weighted by Crippen LogP contribution is -2.33. The van der Waals surface area contributed by atoms with Crippen LogP contribution in [0.4, 0.5) is 0 Å². The quantitative estimate of drug-likeness (QED) is 0.547. The summed E-state index contributed by atoms with van der Waals surface area (Å²) in [6.45, 7) is 4.37. The van der Waals surface area contributed by atoms with Gasteiger partial charge in [0.25, 0.3) is 0 Å². The molecule has 2 aromatic rings. The van der Waals surface area contributed by atoms with Crippen molar-refractivity contribution in [1.29, 1.82) is 0 Å². The fraction of sp³-hybridized carbons (Fsp3) is 0.429. The summed E-state index contributed by atoms with van der Waals surface area (Å²) in [5.74, 6) is 0. The van der Waals surface area contributed by atoms with Crippen LogP contribution in [0, 0.1) is 6.92 Å². The van der Waals surface area contributed by atoms with Crippen molar-refractivity contribution in [3.63, 3.8) is 0 Å². The molecule has 0 amide bonds. The van der Waals surface area contributed by atoms with Crippen LogP contribution in [-0.4, -0.2) is 44.1 Å². The molecule has 6 heteroatoms. The summed E-state index contributed by atoms with van der Waals surface area (Å²) in [4.78, 5) is 0.313. The molecule has 27 heavy (non-hydrogen) atoms. The van der Waals surface area contributed by atoms with Crippen LogP contribution >= 0.6 is 0 Å².